The lowest BCUT2D eigenvalue weighted by molar-refractivity contribution is -0.136. The maximum Gasteiger partial charge on any atom is 0.223 e. The van der Waals surface area contributed by atoms with Gasteiger partial charge in [-0.1, -0.05) is 43.2 Å². The van der Waals surface area contributed by atoms with Crippen molar-refractivity contribution in [2.24, 2.45) is 5.73 Å². The molecule has 1 aromatic rings. The number of hydrogen-bond acceptors (Lipinski definition) is 3. The molecule has 2 amide bonds. The molecule has 0 radical (unpaired) electrons. The summed E-state index contributed by atoms with van der Waals surface area (Å²) in [6, 6.07) is 10.5. The minimum Gasteiger partial charge on any atom is -0.370 e. The van der Waals surface area contributed by atoms with E-state index in [1.165, 1.54) is 18.4 Å². The molecule has 2 saturated heterocycles. The standard InChI is InChI=1S/C20H29N3O2/c1-20-14-16(15-8-4-2-5-9-15)23(19(25)12-11-18(21)24)17(20)10-6-3-7-13-22-20/h2,4-5,8-9,16-17,22H,3,6-7,10-14H2,1H3,(H2,21,24)/t16-,17-,20-/m0/s1. The number of benzene rings is 1. The number of nitrogens with two attached hydrogens (primary N) is 1. The van der Waals surface area contributed by atoms with Crippen molar-refractivity contribution in [3.63, 3.8) is 0 Å². The number of amides is 2. The predicted molar refractivity (Wildman–Crippen MR) is 97.7 cm³/mol. The van der Waals surface area contributed by atoms with E-state index in [9.17, 15) is 9.59 Å². The summed E-state index contributed by atoms with van der Waals surface area (Å²) in [4.78, 5) is 26.2. The Morgan fingerprint density at radius 2 is 1.96 bits per heavy atom. The Morgan fingerprint density at radius 1 is 1.20 bits per heavy atom. The first-order valence-corrected chi connectivity index (χ1v) is 9.41. The van der Waals surface area contributed by atoms with E-state index in [1.807, 2.05) is 18.2 Å². The van der Waals surface area contributed by atoms with E-state index in [0.29, 0.717) is 0 Å². The van der Waals surface area contributed by atoms with Crippen LogP contribution in [0.4, 0.5) is 0 Å². The Kier molecular flexibility index (Phi) is 5.42. The third-order valence-electron chi connectivity index (χ3n) is 5.77. The van der Waals surface area contributed by atoms with Gasteiger partial charge in [0.2, 0.25) is 11.8 Å². The number of carbonyl (C=O) groups excluding carboxylic acids is 2. The summed E-state index contributed by atoms with van der Waals surface area (Å²) in [5, 5.41) is 3.72. The van der Waals surface area contributed by atoms with Crippen LogP contribution in [0, 0.1) is 0 Å². The largest absolute Gasteiger partial charge is 0.370 e. The lowest BCUT2D eigenvalue weighted by Crippen LogP contribution is -2.54. The third-order valence-corrected chi connectivity index (χ3v) is 5.77. The summed E-state index contributed by atoms with van der Waals surface area (Å²) in [6.07, 6.45) is 5.76. The fourth-order valence-corrected chi connectivity index (χ4v) is 4.48. The Bertz CT molecular complexity index is 619. The van der Waals surface area contributed by atoms with Crippen LogP contribution in [-0.2, 0) is 9.59 Å². The quantitative estimate of drug-likeness (QED) is 0.882. The molecule has 25 heavy (non-hydrogen) atoms. The number of primary amides is 1. The number of carbonyl (C=O) groups is 2. The van der Waals surface area contributed by atoms with Gasteiger partial charge in [0.15, 0.2) is 0 Å². The highest BCUT2D eigenvalue weighted by Gasteiger charge is 2.50. The number of likely N-dealkylation sites (tertiary alicyclic amines) is 1. The van der Waals surface area contributed by atoms with Crippen LogP contribution in [0.2, 0.25) is 0 Å². The van der Waals surface area contributed by atoms with Crippen LogP contribution in [-0.4, -0.2) is 34.8 Å². The summed E-state index contributed by atoms with van der Waals surface area (Å²) in [7, 11) is 0. The van der Waals surface area contributed by atoms with Gasteiger partial charge in [0.25, 0.3) is 0 Å². The van der Waals surface area contributed by atoms with Crippen LogP contribution in [0.25, 0.3) is 0 Å². The lowest BCUT2D eigenvalue weighted by Gasteiger charge is -2.38. The number of hydrogen-bond donors (Lipinski definition) is 2. The van der Waals surface area contributed by atoms with Crippen LogP contribution >= 0.6 is 0 Å². The topological polar surface area (TPSA) is 75.4 Å². The molecule has 0 aromatic heterocycles. The molecule has 0 unspecified atom stereocenters. The second-order valence-corrected chi connectivity index (χ2v) is 7.61. The summed E-state index contributed by atoms with van der Waals surface area (Å²) >= 11 is 0. The molecule has 0 saturated carbocycles. The van der Waals surface area contributed by atoms with Crippen molar-refractivity contribution in [2.75, 3.05) is 6.54 Å². The highest BCUT2D eigenvalue weighted by atomic mass is 16.2. The average Bonchev–Trinajstić information content (AvgIpc) is 2.86. The average molecular weight is 343 g/mol. The molecular weight excluding hydrogens is 314 g/mol. The molecule has 136 valence electrons. The van der Waals surface area contributed by atoms with Gasteiger partial charge in [0.1, 0.15) is 0 Å². The van der Waals surface area contributed by atoms with Gasteiger partial charge in [0, 0.05) is 18.4 Å². The van der Waals surface area contributed by atoms with E-state index in [2.05, 4.69) is 29.3 Å². The van der Waals surface area contributed by atoms with E-state index >= 15 is 0 Å². The van der Waals surface area contributed by atoms with Gasteiger partial charge in [-0.05, 0) is 38.3 Å². The zero-order valence-electron chi connectivity index (χ0n) is 15.0. The number of rotatable bonds is 4. The van der Waals surface area contributed by atoms with Crippen molar-refractivity contribution in [1.82, 2.24) is 10.2 Å². The van der Waals surface area contributed by atoms with Gasteiger partial charge < -0.3 is 16.0 Å². The zero-order valence-corrected chi connectivity index (χ0v) is 15.0. The van der Waals surface area contributed by atoms with Crippen molar-refractivity contribution in [2.45, 2.75) is 69.5 Å². The predicted octanol–water partition coefficient (Wildman–Crippen LogP) is 2.52. The summed E-state index contributed by atoms with van der Waals surface area (Å²) < 4.78 is 0. The van der Waals surface area contributed by atoms with Crippen molar-refractivity contribution < 1.29 is 9.59 Å². The minimum atomic E-state index is -0.414. The maximum atomic E-state index is 13.0. The molecule has 2 heterocycles. The first kappa shape index (κ1) is 17.9. The molecule has 0 aliphatic carbocycles. The molecule has 0 bridgehead atoms. The molecular formula is C20H29N3O2. The van der Waals surface area contributed by atoms with Crippen molar-refractivity contribution >= 4 is 11.8 Å². The summed E-state index contributed by atoms with van der Waals surface area (Å²) in [5.74, 6) is -0.369. The second-order valence-electron chi connectivity index (χ2n) is 7.61. The maximum absolute atomic E-state index is 13.0. The van der Waals surface area contributed by atoms with Gasteiger partial charge in [-0.2, -0.15) is 0 Å². The first-order chi connectivity index (χ1) is 12.0. The zero-order chi connectivity index (χ0) is 17.9. The van der Waals surface area contributed by atoms with Crippen molar-refractivity contribution in [1.29, 1.82) is 0 Å². The lowest BCUT2D eigenvalue weighted by atomic mass is 9.85. The fraction of sp³-hybridized carbons (Fsp3) is 0.600. The van der Waals surface area contributed by atoms with Crippen molar-refractivity contribution in [3.8, 4) is 0 Å². The van der Waals surface area contributed by atoms with E-state index < -0.39 is 5.91 Å². The van der Waals surface area contributed by atoms with Crippen LogP contribution in [0.5, 0.6) is 0 Å². The van der Waals surface area contributed by atoms with Crippen LogP contribution in [0.3, 0.4) is 0 Å². The number of nitrogens with one attached hydrogen (secondary N) is 1. The Hall–Kier alpha value is -1.88. The molecule has 0 spiro atoms. The molecule has 1 aromatic carbocycles. The van der Waals surface area contributed by atoms with Gasteiger partial charge in [-0.25, -0.2) is 0 Å². The fourth-order valence-electron chi connectivity index (χ4n) is 4.48. The molecule has 2 fully saturated rings. The first-order valence-electron chi connectivity index (χ1n) is 9.41. The second kappa shape index (κ2) is 7.56. The summed E-state index contributed by atoms with van der Waals surface area (Å²) in [6.45, 7) is 3.25. The molecule has 3 atom stereocenters. The van der Waals surface area contributed by atoms with E-state index in [0.717, 1.165) is 25.8 Å². The molecule has 5 nitrogen and oxygen atoms in total. The third kappa shape index (κ3) is 3.87. The molecule has 2 aliphatic heterocycles. The Balaban J connectivity index is 1.91. The smallest absolute Gasteiger partial charge is 0.223 e. The Labute approximate surface area is 150 Å². The SMILES string of the molecule is C[C@]12C[C@@H](c3ccccc3)N(C(=O)CCC(N)=O)[C@H]1CCCCCN2. The van der Waals surface area contributed by atoms with Gasteiger partial charge in [-0.3, -0.25) is 9.59 Å². The number of nitrogens with zero attached hydrogens (tertiary/aromatic N) is 1. The molecule has 2 aliphatic rings. The normalized spacial score (nSPS) is 29.6. The minimum absolute atomic E-state index is 0.0451. The molecule has 3 N–H and O–H groups in total. The monoisotopic (exact) mass is 343 g/mol. The van der Waals surface area contributed by atoms with E-state index in [4.69, 9.17) is 5.73 Å². The summed E-state index contributed by atoms with van der Waals surface area (Å²) in [5.41, 5.74) is 6.36. The van der Waals surface area contributed by atoms with Gasteiger partial charge in [0.05, 0.1) is 12.1 Å². The van der Waals surface area contributed by atoms with Crippen LogP contribution < -0.4 is 11.1 Å². The van der Waals surface area contributed by atoms with Gasteiger partial charge in [-0.15, -0.1) is 0 Å². The Morgan fingerprint density at radius 3 is 2.68 bits per heavy atom. The highest BCUT2D eigenvalue weighted by Crippen LogP contribution is 2.45. The molecule has 5 heteroatoms. The van der Waals surface area contributed by atoms with Crippen molar-refractivity contribution in [3.05, 3.63) is 35.9 Å². The highest BCUT2D eigenvalue weighted by molar-refractivity contribution is 5.83. The van der Waals surface area contributed by atoms with Gasteiger partial charge >= 0.3 is 0 Å². The van der Waals surface area contributed by atoms with Crippen LogP contribution in [0.1, 0.15) is 63.5 Å². The number of fused-ring (bicyclic) bond motifs is 1. The van der Waals surface area contributed by atoms with E-state index in [1.54, 1.807) is 0 Å². The van der Waals surface area contributed by atoms with E-state index in [-0.39, 0.29) is 36.4 Å². The molecule has 3 rings (SSSR count). The van der Waals surface area contributed by atoms with Crippen LogP contribution in [0.15, 0.2) is 30.3 Å².